The van der Waals surface area contributed by atoms with Gasteiger partial charge in [0.25, 0.3) is 0 Å². The molecule has 1 aliphatic carbocycles. The molecular weight excluding hydrogens is 188 g/mol. The molecule has 0 aromatic heterocycles. The Morgan fingerprint density at radius 3 is 2.60 bits per heavy atom. The Balaban J connectivity index is 1.54. The highest BCUT2D eigenvalue weighted by molar-refractivity contribution is 5.76. The van der Waals surface area contributed by atoms with Crippen molar-refractivity contribution >= 4 is 5.91 Å². The molecule has 1 aliphatic heterocycles. The summed E-state index contributed by atoms with van der Waals surface area (Å²) in [5.41, 5.74) is 0. The standard InChI is InChI=1S/C12H22N2O/c15-12(14-8-2-1-3-9-14)6-7-13-10-11-4-5-11/h11,13H,1-10H2. The largest absolute Gasteiger partial charge is 0.343 e. The summed E-state index contributed by atoms with van der Waals surface area (Å²) < 4.78 is 0. The Labute approximate surface area is 92.2 Å². The van der Waals surface area contributed by atoms with Crippen LogP contribution in [0.5, 0.6) is 0 Å². The van der Waals surface area contributed by atoms with E-state index in [4.69, 9.17) is 0 Å². The fraction of sp³-hybridized carbons (Fsp3) is 0.917. The lowest BCUT2D eigenvalue weighted by atomic mass is 10.1. The molecule has 0 aromatic rings. The summed E-state index contributed by atoms with van der Waals surface area (Å²) in [6.45, 7) is 3.96. The zero-order chi connectivity index (χ0) is 10.5. The van der Waals surface area contributed by atoms with Gasteiger partial charge in [0.1, 0.15) is 0 Å². The van der Waals surface area contributed by atoms with Gasteiger partial charge in [-0.2, -0.15) is 0 Å². The Morgan fingerprint density at radius 2 is 1.93 bits per heavy atom. The minimum absolute atomic E-state index is 0.345. The van der Waals surface area contributed by atoms with E-state index in [1.54, 1.807) is 0 Å². The number of piperidine rings is 1. The zero-order valence-corrected chi connectivity index (χ0v) is 9.50. The number of nitrogens with one attached hydrogen (secondary N) is 1. The van der Waals surface area contributed by atoms with Gasteiger partial charge in [-0.25, -0.2) is 0 Å². The zero-order valence-electron chi connectivity index (χ0n) is 9.50. The quantitative estimate of drug-likeness (QED) is 0.695. The number of carbonyl (C=O) groups excluding carboxylic acids is 1. The van der Waals surface area contributed by atoms with E-state index in [9.17, 15) is 4.79 Å². The topological polar surface area (TPSA) is 32.3 Å². The van der Waals surface area contributed by atoms with Gasteiger partial charge < -0.3 is 10.2 Å². The van der Waals surface area contributed by atoms with E-state index in [-0.39, 0.29) is 0 Å². The second-order valence-electron chi connectivity index (χ2n) is 4.84. The molecule has 15 heavy (non-hydrogen) atoms. The molecule has 2 rings (SSSR count). The van der Waals surface area contributed by atoms with Crippen LogP contribution in [0.3, 0.4) is 0 Å². The third-order valence-electron chi connectivity index (χ3n) is 3.35. The van der Waals surface area contributed by atoms with Gasteiger partial charge in [0.15, 0.2) is 0 Å². The van der Waals surface area contributed by atoms with Crippen LogP contribution in [0.4, 0.5) is 0 Å². The van der Waals surface area contributed by atoms with Gasteiger partial charge in [0, 0.05) is 26.1 Å². The highest BCUT2D eigenvalue weighted by Crippen LogP contribution is 2.27. The summed E-state index contributed by atoms with van der Waals surface area (Å²) in [5, 5.41) is 3.37. The lowest BCUT2D eigenvalue weighted by molar-refractivity contribution is -0.131. The van der Waals surface area contributed by atoms with E-state index in [0.29, 0.717) is 12.3 Å². The summed E-state index contributed by atoms with van der Waals surface area (Å²) in [4.78, 5) is 13.8. The van der Waals surface area contributed by atoms with E-state index in [1.165, 1.54) is 32.1 Å². The third-order valence-corrected chi connectivity index (χ3v) is 3.35. The number of likely N-dealkylation sites (tertiary alicyclic amines) is 1. The highest BCUT2D eigenvalue weighted by atomic mass is 16.2. The molecular formula is C12H22N2O. The number of nitrogens with zero attached hydrogens (tertiary/aromatic N) is 1. The maximum Gasteiger partial charge on any atom is 0.223 e. The van der Waals surface area contributed by atoms with Crippen molar-refractivity contribution in [3.63, 3.8) is 0 Å². The van der Waals surface area contributed by atoms with Crippen molar-refractivity contribution in [2.24, 2.45) is 5.92 Å². The van der Waals surface area contributed by atoms with E-state index in [1.807, 2.05) is 4.90 Å². The van der Waals surface area contributed by atoms with E-state index < -0.39 is 0 Å². The van der Waals surface area contributed by atoms with Gasteiger partial charge in [0.2, 0.25) is 5.91 Å². The molecule has 0 aromatic carbocycles. The van der Waals surface area contributed by atoms with Crippen molar-refractivity contribution < 1.29 is 4.79 Å². The van der Waals surface area contributed by atoms with Crippen LogP contribution in [-0.4, -0.2) is 37.0 Å². The second-order valence-corrected chi connectivity index (χ2v) is 4.84. The average molecular weight is 210 g/mol. The molecule has 0 unspecified atom stereocenters. The molecule has 0 atom stereocenters. The molecule has 0 radical (unpaired) electrons. The molecule has 1 saturated heterocycles. The predicted molar refractivity (Wildman–Crippen MR) is 60.6 cm³/mol. The monoisotopic (exact) mass is 210 g/mol. The van der Waals surface area contributed by atoms with Gasteiger partial charge in [-0.3, -0.25) is 4.79 Å². The first kappa shape index (κ1) is 10.9. The molecule has 2 aliphatic rings. The first-order valence-electron chi connectivity index (χ1n) is 6.35. The lowest BCUT2D eigenvalue weighted by Crippen LogP contribution is -2.37. The molecule has 1 amide bonds. The SMILES string of the molecule is O=C(CCNCC1CC1)N1CCCCC1. The number of rotatable bonds is 5. The van der Waals surface area contributed by atoms with Gasteiger partial charge in [0.05, 0.1) is 0 Å². The Kier molecular flexibility index (Phi) is 4.01. The highest BCUT2D eigenvalue weighted by Gasteiger charge is 2.20. The number of carbonyl (C=O) groups is 1. The van der Waals surface area contributed by atoms with Crippen LogP contribution in [0.15, 0.2) is 0 Å². The summed E-state index contributed by atoms with van der Waals surface area (Å²) in [6, 6.07) is 0. The predicted octanol–water partition coefficient (Wildman–Crippen LogP) is 1.39. The van der Waals surface area contributed by atoms with Crippen molar-refractivity contribution in [3.05, 3.63) is 0 Å². The minimum Gasteiger partial charge on any atom is -0.343 e. The van der Waals surface area contributed by atoms with Crippen LogP contribution in [-0.2, 0) is 4.79 Å². The van der Waals surface area contributed by atoms with Crippen LogP contribution in [0, 0.1) is 5.92 Å². The third kappa shape index (κ3) is 3.82. The Hall–Kier alpha value is -0.570. The van der Waals surface area contributed by atoms with Gasteiger partial charge in [-0.15, -0.1) is 0 Å². The second kappa shape index (κ2) is 5.50. The van der Waals surface area contributed by atoms with E-state index in [2.05, 4.69) is 5.32 Å². The number of amides is 1. The van der Waals surface area contributed by atoms with Crippen LogP contribution in [0.1, 0.15) is 38.5 Å². The van der Waals surface area contributed by atoms with E-state index >= 15 is 0 Å². The maximum absolute atomic E-state index is 11.7. The smallest absolute Gasteiger partial charge is 0.223 e. The first-order valence-corrected chi connectivity index (χ1v) is 6.35. The molecule has 1 heterocycles. The van der Waals surface area contributed by atoms with Gasteiger partial charge in [-0.05, 0) is 44.6 Å². The molecule has 1 saturated carbocycles. The fourth-order valence-corrected chi connectivity index (χ4v) is 2.12. The molecule has 3 heteroatoms. The summed E-state index contributed by atoms with van der Waals surface area (Å²) >= 11 is 0. The van der Waals surface area contributed by atoms with Gasteiger partial charge in [-0.1, -0.05) is 0 Å². The molecule has 1 N–H and O–H groups in total. The summed E-state index contributed by atoms with van der Waals surface area (Å²) in [7, 11) is 0. The number of hydrogen-bond donors (Lipinski definition) is 1. The maximum atomic E-state index is 11.7. The lowest BCUT2D eigenvalue weighted by Gasteiger charge is -2.26. The average Bonchev–Trinajstić information content (AvgIpc) is 3.09. The minimum atomic E-state index is 0.345. The molecule has 2 fully saturated rings. The molecule has 3 nitrogen and oxygen atoms in total. The summed E-state index contributed by atoms with van der Waals surface area (Å²) in [6.07, 6.45) is 7.14. The number of hydrogen-bond acceptors (Lipinski definition) is 2. The molecule has 0 spiro atoms. The van der Waals surface area contributed by atoms with Crippen molar-refractivity contribution in [3.8, 4) is 0 Å². The van der Waals surface area contributed by atoms with Gasteiger partial charge >= 0.3 is 0 Å². The van der Waals surface area contributed by atoms with Crippen LogP contribution >= 0.6 is 0 Å². The molecule has 0 bridgehead atoms. The first-order chi connectivity index (χ1) is 7.36. The molecule has 86 valence electrons. The summed E-state index contributed by atoms with van der Waals surface area (Å²) in [5.74, 6) is 1.26. The normalized spacial score (nSPS) is 21.7. The Bertz CT molecular complexity index is 208. The Morgan fingerprint density at radius 1 is 1.20 bits per heavy atom. The van der Waals surface area contributed by atoms with Crippen molar-refractivity contribution in [2.45, 2.75) is 38.5 Å². The van der Waals surface area contributed by atoms with Crippen LogP contribution < -0.4 is 5.32 Å². The van der Waals surface area contributed by atoms with Crippen LogP contribution in [0.25, 0.3) is 0 Å². The van der Waals surface area contributed by atoms with Crippen molar-refractivity contribution in [1.29, 1.82) is 0 Å². The van der Waals surface area contributed by atoms with Crippen molar-refractivity contribution in [1.82, 2.24) is 10.2 Å². The fourth-order valence-electron chi connectivity index (χ4n) is 2.12. The van der Waals surface area contributed by atoms with Crippen LogP contribution in [0.2, 0.25) is 0 Å². The van der Waals surface area contributed by atoms with E-state index in [0.717, 1.165) is 32.1 Å². The van der Waals surface area contributed by atoms with Crippen molar-refractivity contribution in [2.75, 3.05) is 26.2 Å².